The number of hydrogen-bond donors (Lipinski definition) is 1. The SMILES string of the molecule is CN=C(NCc1ccc(N2CCOC(C)C2)nc1)N1CCC(N2CCOCC2)C1. The zero-order valence-corrected chi connectivity index (χ0v) is 17.7. The number of guanidine groups is 1. The highest BCUT2D eigenvalue weighted by atomic mass is 16.5. The van der Waals surface area contributed by atoms with Gasteiger partial charge < -0.3 is 24.6 Å². The molecule has 3 aliphatic heterocycles. The fraction of sp³-hybridized carbons (Fsp3) is 0.714. The number of aliphatic imine (C=N–C) groups is 1. The molecule has 3 saturated heterocycles. The summed E-state index contributed by atoms with van der Waals surface area (Å²) in [5, 5.41) is 3.52. The second-order valence-corrected chi connectivity index (χ2v) is 8.09. The van der Waals surface area contributed by atoms with E-state index in [1.54, 1.807) is 0 Å². The highest BCUT2D eigenvalue weighted by Gasteiger charge is 2.30. The van der Waals surface area contributed by atoms with E-state index in [0.29, 0.717) is 6.04 Å². The van der Waals surface area contributed by atoms with Gasteiger partial charge in [-0.15, -0.1) is 0 Å². The molecule has 2 atom stereocenters. The maximum atomic E-state index is 5.62. The van der Waals surface area contributed by atoms with E-state index in [-0.39, 0.29) is 6.10 Å². The van der Waals surface area contributed by atoms with E-state index in [1.807, 2.05) is 13.2 Å². The number of likely N-dealkylation sites (tertiary alicyclic amines) is 1. The average Bonchev–Trinajstić information content (AvgIpc) is 3.25. The van der Waals surface area contributed by atoms with Crippen molar-refractivity contribution in [3.8, 4) is 0 Å². The highest BCUT2D eigenvalue weighted by Crippen LogP contribution is 2.18. The molecule has 0 bridgehead atoms. The number of pyridine rings is 1. The molecular formula is C21H34N6O2. The fourth-order valence-electron chi connectivity index (χ4n) is 4.42. The molecule has 8 nitrogen and oxygen atoms in total. The van der Waals surface area contributed by atoms with Crippen LogP contribution in [0.1, 0.15) is 18.9 Å². The number of anilines is 1. The van der Waals surface area contributed by atoms with E-state index in [0.717, 1.165) is 77.4 Å². The maximum absolute atomic E-state index is 5.62. The van der Waals surface area contributed by atoms with E-state index >= 15 is 0 Å². The molecule has 1 N–H and O–H groups in total. The number of hydrogen-bond acceptors (Lipinski definition) is 6. The lowest BCUT2D eigenvalue weighted by Crippen LogP contribution is -2.46. The van der Waals surface area contributed by atoms with Crippen LogP contribution in [0.25, 0.3) is 0 Å². The third kappa shape index (κ3) is 5.18. The lowest BCUT2D eigenvalue weighted by Gasteiger charge is -2.32. The molecule has 2 unspecified atom stereocenters. The van der Waals surface area contributed by atoms with Gasteiger partial charge in [-0.25, -0.2) is 4.98 Å². The van der Waals surface area contributed by atoms with Gasteiger partial charge in [0.1, 0.15) is 5.82 Å². The third-order valence-electron chi connectivity index (χ3n) is 6.06. The summed E-state index contributed by atoms with van der Waals surface area (Å²) < 4.78 is 11.1. The van der Waals surface area contributed by atoms with E-state index in [4.69, 9.17) is 9.47 Å². The quantitative estimate of drug-likeness (QED) is 0.590. The largest absolute Gasteiger partial charge is 0.379 e. The molecule has 8 heteroatoms. The van der Waals surface area contributed by atoms with Gasteiger partial charge in [0, 0.05) is 65.1 Å². The van der Waals surface area contributed by atoms with Gasteiger partial charge in [-0.3, -0.25) is 9.89 Å². The Morgan fingerprint density at radius 3 is 2.76 bits per heavy atom. The lowest BCUT2D eigenvalue weighted by atomic mass is 10.2. The number of rotatable bonds is 4. The minimum atomic E-state index is 0.261. The summed E-state index contributed by atoms with van der Waals surface area (Å²) in [6, 6.07) is 4.88. The molecule has 0 radical (unpaired) electrons. The Morgan fingerprint density at radius 1 is 1.17 bits per heavy atom. The first-order valence-corrected chi connectivity index (χ1v) is 10.8. The van der Waals surface area contributed by atoms with Crippen LogP contribution in [-0.2, 0) is 16.0 Å². The van der Waals surface area contributed by atoms with Crippen molar-refractivity contribution >= 4 is 11.8 Å². The molecule has 3 fully saturated rings. The van der Waals surface area contributed by atoms with Crippen LogP contribution in [0.2, 0.25) is 0 Å². The van der Waals surface area contributed by atoms with Crippen LogP contribution in [0.15, 0.2) is 23.3 Å². The van der Waals surface area contributed by atoms with Crippen LogP contribution in [0.4, 0.5) is 5.82 Å². The predicted molar refractivity (Wildman–Crippen MR) is 114 cm³/mol. The predicted octanol–water partition coefficient (Wildman–Crippen LogP) is 0.789. The molecule has 0 aliphatic carbocycles. The summed E-state index contributed by atoms with van der Waals surface area (Å²) in [6.07, 6.45) is 3.42. The molecule has 160 valence electrons. The van der Waals surface area contributed by atoms with Crippen molar-refractivity contribution in [1.82, 2.24) is 20.1 Å². The first kappa shape index (κ1) is 20.4. The second-order valence-electron chi connectivity index (χ2n) is 8.09. The minimum absolute atomic E-state index is 0.261. The van der Waals surface area contributed by atoms with Crippen molar-refractivity contribution in [2.24, 2.45) is 4.99 Å². The first-order chi connectivity index (χ1) is 14.2. The van der Waals surface area contributed by atoms with Gasteiger partial charge in [0.25, 0.3) is 0 Å². The Morgan fingerprint density at radius 2 is 2.03 bits per heavy atom. The highest BCUT2D eigenvalue weighted by molar-refractivity contribution is 5.80. The van der Waals surface area contributed by atoms with Gasteiger partial charge in [0.2, 0.25) is 0 Å². The number of ether oxygens (including phenoxy) is 2. The third-order valence-corrected chi connectivity index (χ3v) is 6.06. The summed E-state index contributed by atoms with van der Waals surface area (Å²) in [7, 11) is 1.87. The van der Waals surface area contributed by atoms with E-state index in [9.17, 15) is 0 Å². The molecule has 0 spiro atoms. The Kier molecular flexibility index (Phi) is 6.84. The summed E-state index contributed by atoms with van der Waals surface area (Å²) >= 11 is 0. The van der Waals surface area contributed by atoms with Gasteiger partial charge in [0.05, 0.1) is 25.9 Å². The normalized spacial score (nSPS) is 26.8. The van der Waals surface area contributed by atoms with Crippen molar-refractivity contribution in [3.63, 3.8) is 0 Å². The van der Waals surface area contributed by atoms with Crippen molar-refractivity contribution < 1.29 is 9.47 Å². The fourth-order valence-corrected chi connectivity index (χ4v) is 4.42. The number of nitrogens with zero attached hydrogens (tertiary/aromatic N) is 5. The van der Waals surface area contributed by atoms with Gasteiger partial charge in [-0.2, -0.15) is 0 Å². The van der Waals surface area contributed by atoms with Crippen LogP contribution in [0.5, 0.6) is 0 Å². The van der Waals surface area contributed by atoms with Crippen LogP contribution in [0.3, 0.4) is 0 Å². The van der Waals surface area contributed by atoms with E-state index in [2.05, 4.69) is 49.0 Å². The topological polar surface area (TPSA) is 65.5 Å². The number of morpholine rings is 2. The van der Waals surface area contributed by atoms with E-state index in [1.165, 1.54) is 12.0 Å². The molecule has 0 saturated carbocycles. The van der Waals surface area contributed by atoms with Crippen molar-refractivity contribution in [3.05, 3.63) is 23.9 Å². The Labute approximate surface area is 173 Å². The second kappa shape index (κ2) is 9.73. The summed E-state index contributed by atoms with van der Waals surface area (Å²) in [4.78, 5) is 16.4. The standard InChI is InChI=1S/C21H34N6O2/c1-17-15-26(9-12-29-17)20-4-3-18(13-23-20)14-24-21(22-2)27-6-5-19(16-27)25-7-10-28-11-8-25/h3-4,13,17,19H,5-12,14-16H2,1-2H3,(H,22,24). The molecule has 29 heavy (non-hydrogen) atoms. The first-order valence-electron chi connectivity index (χ1n) is 10.8. The lowest BCUT2D eigenvalue weighted by molar-refractivity contribution is 0.0195. The summed E-state index contributed by atoms with van der Waals surface area (Å²) in [5.41, 5.74) is 1.17. The van der Waals surface area contributed by atoms with Crippen LogP contribution < -0.4 is 10.2 Å². The van der Waals surface area contributed by atoms with Gasteiger partial charge in [0.15, 0.2) is 5.96 Å². The monoisotopic (exact) mass is 402 g/mol. The summed E-state index contributed by atoms with van der Waals surface area (Å²) in [6.45, 7) is 11.3. The van der Waals surface area contributed by atoms with Gasteiger partial charge >= 0.3 is 0 Å². The van der Waals surface area contributed by atoms with Gasteiger partial charge in [-0.05, 0) is 25.0 Å². The van der Waals surface area contributed by atoms with Crippen molar-refractivity contribution in [2.45, 2.75) is 32.0 Å². The van der Waals surface area contributed by atoms with E-state index < -0.39 is 0 Å². The Balaban J connectivity index is 1.27. The molecule has 0 amide bonds. The average molecular weight is 403 g/mol. The smallest absolute Gasteiger partial charge is 0.193 e. The van der Waals surface area contributed by atoms with Crippen LogP contribution >= 0.6 is 0 Å². The summed E-state index contributed by atoms with van der Waals surface area (Å²) in [5.74, 6) is 2.01. The Hall–Kier alpha value is -1.90. The maximum Gasteiger partial charge on any atom is 0.193 e. The zero-order valence-electron chi connectivity index (χ0n) is 17.7. The molecule has 1 aromatic rings. The van der Waals surface area contributed by atoms with Gasteiger partial charge in [-0.1, -0.05) is 6.07 Å². The van der Waals surface area contributed by atoms with Crippen molar-refractivity contribution in [1.29, 1.82) is 0 Å². The molecule has 4 rings (SSSR count). The zero-order chi connectivity index (χ0) is 20.1. The molecule has 3 aliphatic rings. The molecular weight excluding hydrogens is 368 g/mol. The Bertz CT molecular complexity index is 676. The van der Waals surface area contributed by atoms with Crippen LogP contribution in [-0.4, -0.2) is 99.0 Å². The molecule has 0 aromatic carbocycles. The number of aromatic nitrogens is 1. The molecule has 1 aromatic heterocycles. The minimum Gasteiger partial charge on any atom is -0.379 e. The molecule has 4 heterocycles. The van der Waals surface area contributed by atoms with Crippen LogP contribution in [0, 0.1) is 0 Å². The number of nitrogens with one attached hydrogen (secondary N) is 1. The van der Waals surface area contributed by atoms with Crippen molar-refractivity contribution in [2.75, 3.05) is 71.0 Å².